The van der Waals surface area contributed by atoms with Gasteiger partial charge in [0.05, 0.1) is 6.10 Å². The van der Waals surface area contributed by atoms with Crippen LogP contribution in [0.3, 0.4) is 0 Å². The summed E-state index contributed by atoms with van der Waals surface area (Å²) in [5, 5.41) is 11.0. The molecule has 0 radical (unpaired) electrons. The second-order valence-electron chi connectivity index (χ2n) is 3.14. The Kier molecular flexibility index (Phi) is 2.65. The zero-order valence-corrected chi connectivity index (χ0v) is 6.45. The van der Waals surface area contributed by atoms with Crippen LogP contribution in [0.5, 0.6) is 0 Å². The molecule has 2 atom stereocenters. The first-order valence-corrected chi connectivity index (χ1v) is 3.88. The maximum absolute atomic E-state index is 9.21. The normalized spacial score (nSPS) is 32.1. The molecule has 0 aromatic heterocycles. The maximum atomic E-state index is 9.21. The van der Waals surface area contributed by atoms with Gasteiger partial charge in [0.15, 0.2) is 0 Å². The summed E-state index contributed by atoms with van der Waals surface area (Å²) in [6.07, 6.45) is 2.03. The molecule has 3 nitrogen and oxygen atoms in total. The third-order valence-corrected chi connectivity index (χ3v) is 2.17. The predicted molar refractivity (Wildman–Crippen MR) is 40.2 cm³/mol. The van der Waals surface area contributed by atoms with Crippen molar-refractivity contribution in [2.24, 2.45) is 11.8 Å². The van der Waals surface area contributed by atoms with Crippen LogP contribution in [-0.2, 0) is 0 Å². The summed E-state index contributed by atoms with van der Waals surface area (Å²) < 4.78 is 0. The Morgan fingerprint density at radius 3 is 2.80 bits per heavy atom. The average Bonchev–Trinajstić information content (AvgIpc) is 1.88. The van der Waals surface area contributed by atoms with Gasteiger partial charge >= 0.3 is 0 Å². The third-order valence-electron chi connectivity index (χ3n) is 2.17. The van der Waals surface area contributed by atoms with Crippen LogP contribution >= 0.6 is 0 Å². The van der Waals surface area contributed by atoms with E-state index in [0.29, 0.717) is 5.92 Å². The van der Waals surface area contributed by atoms with Crippen LogP contribution in [0.1, 0.15) is 19.8 Å². The van der Waals surface area contributed by atoms with Crippen molar-refractivity contribution in [3.05, 3.63) is 0 Å². The molecule has 60 valence electrons. The first-order chi connectivity index (χ1) is 4.70. The number of aliphatic hydroxyl groups excluding tert-OH is 1. The van der Waals surface area contributed by atoms with Crippen LogP contribution in [0.15, 0.2) is 0 Å². The van der Waals surface area contributed by atoms with Gasteiger partial charge < -0.3 is 5.11 Å². The lowest BCUT2D eigenvalue weighted by Gasteiger charge is -2.30. The molecule has 1 rings (SSSR count). The number of nitrogens with two attached hydrogens (primary N) is 1. The molecule has 1 heterocycles. The molecule has 0 saturated carbocycles. The molecule has 0 amide bonds. The van der Waals surface area contributed by atoms with Crippen LogP contribution in [0.25, 0.3) is 0 Å². The maximum Gasteiger partial charge on any atom is 0.0553 e. The molecule has 1 fully saturated rings. The Bertz CT molecular complexity index is 106. The molecule has 0 aliphatic carbocycles. The summed E-state index contributed by atoms with van der Waals surface area (Å²) in [4.78, 5) is 0. The number of piperidine rings is 1. The molecule has 1 aliphatic heterocycles. The van der Waals surface area contributed by atoms with Gasteiger partial charge in [0.1, 0.15) is 0 Å². The highest BCUT2D eigenvalue weighted by molar-refractivity contribution is 4.72. The van der Waals surface area contributed by atoms with Crippen LogP contribution in [-0.4, -0.2) is 29.3 Å². The molecule has 0 spiro atoms. The van der Waals surface area contributed by atoms with Crippen molar-refractivity contribution in [2.75, 3.05) is 13.1 Å². The fourth-order valence-electron chi connectivity index (χ4n) is 1.43. The highest BCUT2D eigenvalue weighted by Gasteiger charge is 2.20. The Morgan fingerprint density at radius 1 is 1.70 bits per heavy atom. The number of hydrogen-bond acceptors (Lipinski definition) is 3. The van der Waals surface area contributed by atoms with Gasteiger partial charge in [-0.25, -0.2) is 5.01 Å². The van der Waals surface area contributed by atoms with E-state index in [1.165, 1.54) is 0 Å². The summed E-state index contributed by atoms with van der Waals surface area (Å²) in [5.74, 6) is 5.97. The van der Waals surface area contributed by atoms with Crippen molar-refractivity contribution in [3.63, 3.8) is 0 Å². The largest absolute Gasteiger partial charge is 0.393 e. The van der Waals surface area contributed by atoms with Crippen LogP contribution < -0.4 is 5.84 Å². The topological polar surface area (TPSA) is 49.5 Å². The Labute approximate surface area is 61.8 Å². The molecule has 0 bridgehead atoms. The summed E-state index contributed by atoms with van der Waals surface area (Å²) in [7, 11) is 0. The molecule has 3 heteroatoms. The number of hydrazine groups is 1. The van der Waals surface area contributed by atoms with Crippen molar-refractivity contribution >= 4 is 0 Å². The van der Waals surface area contributed by atoms with E-state index in [1.54, 1.807) is 5.01 Å². The second-order valence-corrected chi connectivity index (χ2v) is 3.14. The lowest BCUT2D eigenvalue weighted by atomic mass is 9.94. The molecule has 0 aromatic carbocycles. The number of nitrogens with zero attached hydrogens (tertiary/aromatic N) is 1. The predicted octanol–water partition coefficient (Wildman–Crippen LogP) is -0.0471. The molecule has 1 aliphatic rings. The number of rotatable bonds is 1. The Hall–Kier alpha value is -0.120. The molecule has 3 N–H and O–H groups in total. The average molecular weight is 144 g/mol. The van der Waals surface area contributed by atoms with Crippen molar-refractivity contribution in [2.45, 2.75) is 25.9 Å². The van der Waals surface area contributed by atoms with Gasteiger partial charge in [0, 0.05) is 13.1 Å². The molecule has 2 unspecified atom stereocenters. The van der Waals surface area contributed by atoms with Gasteiger partial charge in [-0.2, -0.15) is 0 Å². The fourth-order valence-corrected chi connectivity index (χ4v) is 1.43. The van der Waals surface area contributed by atoms with E-state index >= 15 is 0 Å². The van der Waals surface area contributed by atoms with Crippen LogP contribution in [0.2, 0.25) is 0 Å². The van der Waals surface area contributed by atoms with E-state index < -0.39 is 0 Å². The minimum absolute atomic E-state index is 0.202. The third kappa shape index (κ3) is 1.94. The van der Waals surface area contributed by atoms with Gasteiger partial charge in [-0.3, -0.25) is 5.84 Å². The summed E-state index contributed by atoms with van der Waals surface area (Å²) in [5.41, 5.74) is 0. The minimum Gasteiger partial charge on any atom is -0.393 e. The summed E-state index contributed by atoms with van der Waals surface area (Å²) in [6.45, 7) is 3.66. The lowest BCUT2D eigenvalue weighted by molar-refractivity contribution is 0.0630. The SMILES string of the molecule is CC(O)C1CCCN(N)C1. The summed E-state index contributed by atoms with van der Waals surface area (Å²) in [6, 6.07) is 0. The van der Waals surface area contributed by atoms with E-state index in [2.05, 4.69) is 0 Å². The van der Waals surface area contributed by atoms with Crippen molar-refractivity contribution in [1.82, 2.24) is 5.01 Å². The zero-order chi connectivity index (χ0) is 7.56. The highest BCUT2D eigenvalue weighted by Crippen LogP contribution is 2.16. The molecular weight excluding hydrogens is 128 g/mol. The van der Waals surface area contributed by atoms with Gasteiger partial charge in [0.25, 0.3) is 0 Å². The van der Waals surface area contributed by atoms with E-state index in [9.17, 15) is 5.11 Å². The van der Waals surface area contributed by atoms with Gasteiger partial charge in [-0.15, -0.1) is 0 Å². The van der Waals surface area contributed by atoms with E-state index in [4.69, 9.17) is 5.84 Å². The Balaban J connectivity index is 2.32. The molecular formula is C7H16N2O. The zero-order valence-electron chi connectivity index (χ0n) is 6.45. The van der Waals surface area contributed by atoms with Crippen LogP contribution in [0.4, 0.5) is 0 Å². The van der Waals surface area contributed by atoms with Gasteiger partial charge in [0.2, 0.25) is 0 Å². The van der Waals surface area contributed by atoms with Gasteiger partial charge in [-0.05, 0) is 25.7 Å². The lowest BCUT2D eigenvalue weighted by Crippen LogP contribution is -2.43. The number of aliphatic hydroxyl groups is 1. The molecule has 1 saturated heterocycles. The fraction of sp³-hybridized carbons (Fsp3) is 1.00. The first kappa shape index (κ1) is 7.98. The quantitative estimate of drug-likeness (QED) is 0.507. The van der Waals surface area contributed by atoms with Crippen molar-refractivity contribution < 1.29 is 5.11 Å². The highest BCUT2D eigenvalue weighted by atomic mass is 16.3. The number of hydrogen-bond donors (Lipinski definition) is 2. The monoisotopic (exact) mass is 144 g/mol. The molecule has 0 aromatic rings. The second kappa shape index (κ2) is 3.32. The van der Waals surface area contributed by atoms with Gasteiger partial charge in [-0.1, -0.05) is 0 Å². The van der Waals surface area contributed by atoms with Crippen LogP contribution in [0, 0.1) is 5.92 Å². The van der Waals surface area contributed by atoms with E-state index in [0.717, 1.165) is 25.9 Å². The Morgan fingerprint density at radius 2 is 2.40 bits per heavy atom. The minimum atomic E-state index is -0.202. The smallest absolute Gasteiger partial charge is 0.0553 e. The van der Waals surface area contributed by atoms with Crippen molar-refractivity contribution in [3.8, 4) is 0 Å². The summed E-state index contributed by atoms with van der Waals surface area (Å²) >= 11 is 0. The van der Waals surface area contributed by atoms with E-state index in [-0.39, 0.29) is 6.10 Å². The van der Waals surface area contributed by atoms with Crippen molar-refractivity contribution in [1.29, 1.82) is 0 Å². The van der Waals surface area contributed by atoms with E-state index in [1.807, 2.05) is 6.92 Å². The first-order valence-electron chi connectivity index (χ1n) is 3.88. The standard InChI is InChI=1S/C7H16N2O/c1-6(10)7-3-2-4-9(8)5-7/h6-7,10H,2-5,8H2,1H3. The molecule has 10 heavy (non-hydrogen) atoms.